The SMILES string of the molecule is CCCCCc1ccc(-c2ccc(C3CCC(C4CCC(CC(COC=O)COC=O)C(CC)C4)CC3)cc2)cc1. The Kier molecular flexibility index (Phi) is 12.8. The van der Waals surface area contributed by atoms with Crippen molar-refractivity contribution in [1.29, 1.82) is 0 Å². The predicted molar refractivity (Wildman–Crippen MR) is 167 cm³/mol. The lowest BCUT2D eigenvalue weighted by atomic mass is 9.63. The standard InChI is InChI=1S/C37H52O4/c1-3-5-6-7-28-8-10-31(11-9-28)32-12-14-33(15-13-32)34-16-18-35(19-17-34)37-21-20-36(30(4-2)23-37)22-29(24-40-26-38)25-41-27-39/h8-15,26-27,29-30,34-37H,3-7,16-25H2,1-2H3. The summed E-state index contributed by atoms with van der Waals surface area (Å²) in [6, 6.07) is 18.6. The average molecular weight is 561 g/mol. The number of carbonyl (C=O) groups is 2. The van der Waals surface area contributed by atoms with Gasteiger partial charge in [-0.2, -0.15) is 0 Å². The highest BCUT2D eigenvalue weighted by molar-refractivity contribution is 5.64. The highest BCUT2D eigenvalue weighted by Crippen LogP contribution is 2.47. The summed E-state index contributed by atoms with van der Waals surface area (Å²) in [7, 11) is 0. The molecule has 0 saturated heterocycles. The normalized spacial score (nSPS) is 24.6. The Labute approximate surface area is 248 Å². The summed E-state index contributed by atoms with van der Waals surface area (Å²) in [5, 5.41) is 0. The molecule has 0 heterocycles. The Balaban J connectivity index is 1.25. The number of carbonyl (C=O) groups excluding carboxylic acids is 2. The van der Waals surface area contributed by atoms with Gasteiger partial charge in [0.05, 0.1) is 13.2 Å². The Morgan fingerprint density at radius 1 is 0.732 bits per heavy atom. The van der Waals surface area contributed by atoms with Gasteiger partial charge in [0.15, 0.2) is 0 Å². The molecule has 4 heteroatoms. The van der Waals surface area contributed by atoms with E-state index in [2.05, 4.69) is 62.4 Å². The van der Waals surface area contributed by atoms with Crippen LogP contribution in [-0.2, 0) is 25.5 Å². The van der Waals surface area contributed by atoms with Gasteiger partial charge in [-0.15, -0.1) is 0 Å². The number of unbranched alkanes of at least 4 members (excludes halogenated alkanes) is 2. The molecule has 0 bridgehead atoms. The van der Waals surface area contributed by atoms with Gasteiger partial charge in [0.1, 0.15) is 0 Å². The second-order valence-corrected chi connectivity index (χ2v) is 12.9. The van der Waals surface area contributed by atoms with Gasteiger partial charge < -0.3 is 9.47 Å². The summed E-state index contributed by atoms with van der Waals surface area (Å²) in [5.41, 5.74) is 5.61. The van der Waals surface area contributed by atoms with E-state index in [0.717, 1.165) is 18.3 Å². The van der Waals surface area contributed by atoms with Crippen molar-refractivity contribution in [3.63, 3.8) is 0 Å². The second-order valence-electron chi connectivity index (χ2n) is 12.9. The zero-order valence-corrected chi connectivity index (χ0v) is 25.5. The number of hydrogen-bond acceptors (Lipinski definition) is 4. The first kappa shape index (κ1) is 31.3. The van der Waals surface area contributed by atoms with Gasteiger partial charge in [0, 0.05) is 5.92 Å². The lowest BCUT2D eigenvalue weighted by Gasteiger charge is -2.42. The molecule has 0 aromatic heterocycles. The van der Waals surface area contributed by atoms with E-state index in [-0.39, 0.29) is 5.92 Å². The first-order valence-corrected chi connectivity index (χ1v) is 16.4. The summed E-state index contributed by atoms with van der Waals surface area (Å²) < 4.78 is 10.1. The Hall–Kier alpha value is -2.62. The van der Waals surface area contributed by atoms with E-state index in [9.17, 15) is 9.59 Å². The highest BCUT2D eigenvalue weighted by atomic mass is 16.5. The van der Waals surface area contributed by atoms with Crippen molar-refractivity contribution in [1.82, 2.24) is 0 Å². The van der Waals surface area contributed by atoms with E-state index in [1.54, 1.807) is 0 Å². The average Bonchev–Trinajstić information content (AvgIpc) is 3.03. The molecule has 2 aliphatic carbocycles. The van der Waals surface area contributed by atoms with Crippen molar-refractivity contribution < 1.29 is 19.1 Å². The van der Waals surface area contributed by atoms with Gasteiger partial charge in [0.25, 0.3) is 12.9 Å². The molecule has 4 rings (SSSR count). The van der Waals surface area contributed by atoms with E-state index >= 15 is 0 Å². The van der Waals surface area contributed by atoms with E-state index in [1.807, 2.05) is 0 Å². The minimum atomic E-state index is 0.0951. The monoisotopic (exact) mass is 560 g/mol. The maximum Gasteiger partial charge on any atom is 0.293 e. The van der Waals surface area contributed by atoms with Crippen LogP contribution >= 0.6 is 0 Å². The summed E-state index contributed by atoms with van der Waals surface area (Å²) in [6.07, 6.45) is 16.4. The van der Waals surface area contributed by atoms with Crippen LogP contribution in [0.15, 0.2) is 48.5 Å². The van der Waals surface area contributed by atoms with E-state index in [0.29, 0.717) is 43.9 Å². The van der Waals surface area contributed by atoms with Crippen LogP contribution in [0.1, 0.15) is 108 Å². The largest absolute Gasteiger partial charge is 0.467 e. The molecule has 2 fully saturated rings. The molecule has 2 aliphatic rings. The summed E-state index contributed by atoms with van der Waals surface area (Å²) in [5.74, 6) is 3.80. The van der Waals surface area contributed by atoms with Crippen LogP contribution in [0.3, 0.4) is 0 Å². The quantitative estimate of drug-likeness (QED) is 0.152. The topological polar surface area (TPSA) is 52.6 Å². The fourth-order valence-corrected chi connectivity index (χ4v) is 7.88. The Bertz CT molecular complexity index is 1010. The molecule has 0 spiro atoms. The van der Waals surface area contributed by atoms with Gasteiger partial charge in [0.2, 0.25) is 0 Å². The molecule has 0 aliphatic heterocycles. The number of rotatable bonds is 16. The molecule has 2 aromatic carbocycles. The number of aryl methyl sites for hydroxylation is 1. The second kappa shape index (κ2) is 16.7. The van der Waals surface area contributed by atoms with E-state index in [4.69, 9.17) is 9.47 Å². The van der Waals surface area contributed by atoms with Crippen LogP contribution in [0.4, 0.5) is 0 Å². The molecular weight excluding hydrogens is 508 g/mol. The minimum absolute atomic E-state index is 0.0951. The molecule has 4 nitrogen and oxygen atoms in total. The molecule has 2 saturated carbocycles. The maximum absolute atomic E-state index is 10.7. The molecule has 3 unspecified atom stereocenters. The first-order valence-electron chi connectivity index (χ1n) is 16.4. The van der Waals surface area contributed by atoms with Gasteiger partial charge in [-0.3, -0.25) is 9.59 Å². The number of ether oxygens (including phenoxy) is 2. The van der Waals surface area contributed by atoms with Crippen molar-refractivity contribution in [3.05, 3.63) is 59.7 Å². The third-order valence-electron chi connectivity index (χ3n) is 10.3. The van der Waals surface area contributed by atoms with Crippen molar-refractivity contribution in [2.75, 3.05) is 13.2 Å². The molecular formula is C37H52O4. The van der Waals surface area contributed by atoms with Crippen LogP contribution in [0.2, 0.25) is 0 Å². The minimum Gasteiger partial charge on any atom is -0.467 e. The molecule has 41 heavy (non-hydrogen) atoms. The molecule has 0 amide bonds. The molecule has 2 aromatic rings. The van der Waals surface area contributed by atoms with Crippen LogP contribution < -0.4 is 0 Å². The van der Waals surface area contributed by atoms with E-state index < -0.39 is 0 Å². The van der Waals surface area contributed by atoms with Crippen LogP contribution in [0.5, 0.6) is 0 Å². The predicted octanol–water partition coefficient (Wildman–Crippen LogP) is 9.15. The third kappa shape index (κ3) is 9.18. The lowest BCUT2D eigenvalue weighted by Crippen LogP contribution is -2.32. The smallest absolute Gasteiger partial charge is 0.293 e. The summed E-state index contributed by atoms with van der Waals surface area (Å²) in [4.78, 5) is 21.4. The molecule has 224 valence electrons. The molecule has 0 N–H and O–H groups in total. The fourth-order valence-electron chi connectivity index (χ4n) is 7.88. The highest BCUT2D eigenvalue weighted by Gasteiger charge is 2.36. The zero-order chi connectivity index (χ0) is 28.9. The first-order chi connectivity index (χ1) is 20.1. The van der Waals surface area contributed by atoms with Gasteiger partial charge in [-0.1, -0.05) is 81.6 Å². The molecule has 3 atom stereocenters. The van der Waals surface area contributed by atoms with Crippen molar-refractivity contribution >= 4 is 12.9 Å². The molecule has 0 radical (unpaired) electrons. The van der Waals surface area contributed by atoms with Crippen molar-refractivity contribution in [2.45, 2.75) is 103 Å². The Morgan fingerprint density at radius 3 is 1.93 bits per heavy atom. The van der Waals surface area contributed by atoms with Crippen molar-refractivity contribution in [3.8, 4) is 11.1 Å². The Morgan fingerprint density at radius 2 is 1.34 bits per heavy atom. The lowest BCUT2D eigenvalue weighted by molar-refractivity contribution is -0.134. The van der Waals surface area contributed by atoms with E-state index in [1.165, 1.54) is 99.3 Å². The number of benzene rings is 2. The summed E-state index contributed by atoms with van der Waals surface area (Å²) in [6.45, 7) is 6.26. The van der Waals surface area contributed by atoms with Gasteiger partial charge in [-0.25, -0.2) is 0 Å². The van der Waals surface area contributed by atoms with Crippen LogP contribution in [0.25, 0.3) is 11.1 Å². The van der Waals surface area contributed by atoms with Gasteiger partial charge >= 0.3 is 0 Å². The zero-order valence-electron chi connectivity index (χ0n) is 25.5. The van der Waals surface area contributed by atoms with Crippen molar-refractivity contribution in [2.24, 2.45) is 29.6 Å². The fraction of sp³-hybridized carbons (Fsp3) is 0.622. The maximum atomic E-state index is 10.7. The van der Waals surface area contributed by atoms with Crippen LogP contribution in [-0.4, -0.2) is 26.2 Å². The number of hydrogen-bond donors (Lipinski definition) is 0. The van der Waals surface area contributed by atoms with Crippen LogP contribution in [0, 0.1) is 29.6 Å². The van der Waals surface area contributed by atoms with Gasteiger partial charge in [-0.05, 0) is 116 Å². The summed E-state index contributed by atoms with van der Waals surface area (Å²) >= 11 is 0. The third-order valence-corrected chi connectivity index (χ3v) is 10.3.